The normalized spacial score (nSPS) is 18.5. The van der Waals surface area contributed by atoms with Gasteiger partial charge in [0.25, 0.3) is 5.91 Å². The van der Waals surface area contributed by atoms with Gasteiger partial charge in [-0.25, -0.2) is 13.2 Å². The van der Waals surface area contributed by atoms with Gasteiger partial charge in [-0.3, -0.25) is 4.79 Å². The van der Waals surface area contributed by atoms with Gasteiger partial charge in [0.05, 0.1) is 11.5 Å². The lowest BCUT2D eigenvalue weighted by Crippen LogP contribution is -2.51. The Morgan fingerprint density at radius 2 is 1.96 bits per heavy atom. The molecule has 0 aromatic heterocycles. The predicted molar refractivity (Wildman–Crippen MR) is 88.3 cm³/mol. The second kappa shape index (κ2) is 7.35. The SMILES string of the molecule is CCOC(=O)[C@H]1CSCCN1C(=O)c1ccc(S(C)(=O)=O)cc1. The third kappa shape index (κ3) is 4.26. The summed E-state index contributed by atoms with van der Waals surface area (Å²) in [7, 11) is -3.30. The van der Waals surface area contributed by atoms with E-state index < -0.39 is 21.8 Å². The second-order valence-corrected chi connectivity index (χ2v) is 8.30. The molecule has 1 saturated heterocycles. The molecule has 126 valence electrons. The quantitative estimate of drug-likeness (QED) is 0.754. The van der Waals surface area contributed by atoms with Crippen LogP contribution in [0.25, 0.3) is 0 Å². The summed E-state index contributed by atoms with van der Waals surface area (Å²) in [6, 6.07) is 5.16. The van der Waals surface area contributed by atoms with Crippen molar-refractivity contribution in [2.75, 3.05) is 30.9 Å². The highest BCUT2D eigenvalue weighted by Crippen LogP contribution is 2.21. The number of amides is 1. The first kappa shape index (κ1) is 17.8. The van der Waals surface area contributed by atoms with Crippen LogP contribution in [0, 0.1) is 0 Å². The molecule has 1 heterocycles. The van der Waals surface area contributed by atoms with Crippen LogP contribution in [0.5, 0.6) is 0 Å². The third-order valence-electron chi connectivity index (χ3n) is 3.48. The van der Waals surface area contributed by atoms with Gasteiger partial charge in [0, 0.05) is 29.9 Å². The molecule has 0 radical (unpaired) electrons. The molecular formula is C15H19NO5S2. The van der Waals surface area contributed by atoms with Crippen molar-refractivity contribution in [3.05, 3.63) is 29.8 Å². The molecule has 0 saturated carbocycles. The Morgan fingerprint density at radius 1 is 1.30 bits per heavy atom. The first-order valence-electron chi connectivity index (χ1n) is 7.20. The summed E-state index contributed by atoms with van der Waals surface area (Å²) in [4.78, 5) is 26.3. The summed E-state index contributed by atoms with van der Waals surface area (Å²) < 4.78 is 28.0. The standard InChI is InChI=1S/C15H19NO5S2/c1-3-21-15(18)13-10-22-9-8-16(13)14(17)11-4-6-12(7-5-11)23(2,19)20/h4-7,13H,3,8-10H2,1-2H3/t13-/m1/s1. The van der Waals surface area contributed by atoms with Gasteiger partial charge < -0.3 is 9.64 Å². The van der Waals surface area contributed by atoms with Gasteiger partial charge in [-0.15, -0.1) is 0 Å². The number of sulfone groups is 1. The molecule has 1 atom stereocenters. The summed E-state index contributed by atoms with van der Waals surface area (Å²) in [6.45, 7) is 2.45. The highest BCUT2D eigenvalue weighted by atomic mass is 32.2. The Hall–Kier alpha value is -1.54. The van der Waals surface area contributed by atoms with E-state index in [9.17, 15) is 18.0 Å². The summed E-state index contributed by atoms with van der Waals surface area (Å²) in [5.41, 5.74) is 0.360. The van der Waals surface area contributed by atoms with Crippen LogP contribution in [0.15, 0.2) is 29.2 Å². The van der Waals surface area contributed by atoms with Crippen molar-refractivity contribution in [3.63, 3.8) is 0 Å². The van der Waals surface area contributed by atoms with E-state index in [1.54, 1.807) is 18.7 Å². The summed E-state index contributed by atoms with van der Waals surface area (Å²) in [5.74, 6) is 0.568. The number of ether oxygens (including phenoxy) is 1. The molecule has 6 nitrogen and oxygen atoms in total. The highest BCUT2D eigenvalue weighted by Gasteiger charge is 2.34. The predicted octanol–water partition coefficient (Wildman–Crippen LogP) is 1.21. The molecule has 1 aromatic rings. The molecule has 2 rings (SSSR count). The first-order chi connectivity index (χ1) is 10.8. The van der Waals surface area contributed by atoms with E-state index >= 15 is 0 Å². The van der Waals surface area contributed by atoms with E-state index in [2.05, 4.69) is 0 Å². The molecule has 0 bridgehead atoms. The molecule has 0 aliphatic carbocycles. The minimum absolute atomic E-state index is 0.158. The molecule has 1 aliphatic heterocycles. The van der Waals surface area contributed by atoms with Crippen molar-refractivity contribution in [3.8, 4) is 0 Å². The maximum Gasteiger partial charge on any atom is 0.329 e. The Kier molecular flexibility index (Phi) is 5.69. The number of hydrogen-bond donors (Lipinski definition) is 0. The highest BCUT2D eigenvalue weighted by molar-refractivity contribution is 7.99. The largest absolute Gasteiger partial charge is 0.464 e. The van der Waals surface area contributed by atoms with Crippen molar-refractivity contribution in [1.82, 2.24) is 4.90 Å². The van der Waals surface area contributed by atoms with E-state index in [4.69, 9.17) is 4.74 Å². The zero-order chi connectivity index (χ0) is 17.0. The van der Waals surface area contributed by atoms with Crippen molar-refractivity contribution in [2.24, 2.45) is 0 Å². The molecule has 1 aromatic carbocycles. The smallest absolute Gasteiger partial charge is 0.329 e. The number of thioether (sulfide) groups is 1. The van der Waals surface area contributed by atoms with Crippen LogP contribution in [-0.4, -0.2) is 62.1 Å². The van der Waals surface area contributed by atoms with Gasteiger partial charge in [-0.1, -0.05) is 0 Å². The summed E-state index contributed by atoms with van der Waals surface area (Å²) >= 11 is 1.61. The Labute approximate surface area is 140 Å². The van der Waals surface area contributed by atoms with E-state index in [1.807, 2.05) is 0 Å². The maximum atomic E-state index is 12.6. The van der Waals surface area contributed by atoms with Gasteiger partial charge in [-0.2, -0.15) is 11.8 Å². The number of carbonyl (C=O) groups excluding carboxylic acids is 2. The lowest BCUT2D eigenvalue weighted by molar-refractivity contribution is -0.147. The van der Waals surface area contributed by atoms with E-state index in [0.29, 0.717) is 17.9 Å². The average molecular weight is 357 g/mol. The van der Waals surface area contributed by atoms with Crippen LogP contribution >= 0.6 is 11.8 Å². The van der Waals surface area contributed by atoms with Gasteiger partial charge in [-0.05, 0) is 31.2 Å². The summed E-state index contributed by atoms with van der Waals surface area (Å²) in [6.07, 6.45) is 1.11. The summed E-state index contributed by atoms with van der Waals surface area (Å²) in [5, 5.41) is 0. The minimum atomic E-state index is -3.30. The molecule has 0 spiro atoms. The van der Waals surface area contributed by atoms with E-state index in [0.717, 1.165) is 12.0 Å². The lowest BCUT2D eigenvalue weighted by Gasteiger charge is -2.33. The first-order valence-corrected chi connectivity index (χ1v) is 10.2. The molecular weight excluding hydrogens is 338 g/mol. The van der Waals surface area contributed by atoms with Crippen molar-refractivity contribution in [2.45, 2.75) is 17.9 Å². The van der Waals surface area contributed by atoms with Crippen molar-refractivity contribution in [1.29, 1.82) is 0 Å². The molecule has 0 N–H and O–H groups in total. The Balaban J connectivity index is 2.21. The van der Waals surface area contributed by atoms with Crippen LogP contribution in [0.3, 0.4) is 0 Å². The van der Waals surface area contributed by atoms with Gasteiger partial charge in [0.15, 0.2) is 9.84 Å². The number of rotatable bonds is 4. The van der Waals surface area contributed by atoms with Crippen LogP contribution in [-0.2, 0) is 19.4 Å². The number of hydrogen-bond acceptors (Lipinski definition) is 6. The average Bonchev–Trinajstić information content (AvgIpc) is 2.54. The van der Waals surface area contributed by atoms with Gasteiger partial charge in [0.1, 0.15) is 6.04 Å². The Morgan fingerprint density at radius 3 is 2.52 bits per heavy atom. The zero-order valence-electron chi connectivity index (χ0n) is 13.0. The zero-order valence-corrected chi connectivity index (χ0v) is 14.7. The van der Waals surface area contributed by atoms with Crippen molar-refractivity contribution >= 4 is 33.5 Å². The molecule has 8 heteroatoms. The number of carbonyl (C=O) groups is 2. The van der Waals surface area contributed by atoms with Gasteiger partial charge >= 0.3 is 5.97 Å². The lowest BCUT2D eigenvalue weighted by atomic mass is 10.1. The molecule has 0 unspecified atom stereocenters. The Bertz CT molecular complexity index is 684. The fraction of sp³-hybridized carbons (Fsp3) is 0.467. The minimum Gasteiger partial charge on any atom is -0.464 e. The molecule has 1 aliphatic rings. The number of nitrogens with zero attached hydrogens (tertiary/aromatic N) is 1. The van der Waals surface area contributed by atoms with Gasteiger partial charge in [0.2, 0.25) is 0 Å². The fourth-order valence-electron chi connectivity index (χ4n) is 2.29. The second-order valence-electron chi connectivity index (χ2n) is 5.14. The van der Waals surface area contributed by atoms with Crippen LogP contribution in [0.4, 0.5) is 0 Å². The number of esters is 1. The van der Waals surface area contributed by atoms with E-state index in [1.165, 1.54) is 29.2 Å². The van der Waals surface area contributed by atoms with Crippen LogP contribution in [0.2, 0.25) is 0 Å². The number of benzene rings is 1. The third-order valence-corrected chi connectivity index (χ3v) is 5.63. The fourth-order valence-corrected chi connectivity index (χ4v) is 3.95. The van der Waals surface area contributed by atoms with Crippen LogP contribution < -0.4 is 0 Å². The van der Waals surface area contributed by atoms with E-state index in [-0.39, 0.29) is 17.4 Å². The van der Waals surface area contributed by atoms with Crippen LogP contribution in [0.1, 0.15) is 17.3 Å². The molecule has 23 heavy (non-hydrogen) atoms. The van der Waals surface area contributed by atoms with Crippen molar-refractivity contribution < 1.29 is 22.7 Å². The maximum absolute atomic E-state index is 12.6. The monoisotopic (exact) mass is 357 g/mol. The topological polar surface area (TPSA) is 80.8 Å². The molecule has 1 amide bonds. The molecule has 1 fully saturated rings.